The average Bonchev–Trinajstić information content (AvgIpc) is 3.53. The first-order chi connectivity index (χ1) is 14.7. The molecule has 5 nitrogen and oxygen atoms in total. The van der Waals surface area contributed by atoms with Crippen LogP contribution in [-0.4, -0.2) is 35.1 Å². The normalized spacial score (nSPS) is 16.2. The molecule has 1 atom stereocenters. The van der Waals surface area contributed by atoms with E-state index >= 15 is 0 Å². The number of rotatable bonds is 5. The number of nitrogens with zero attached hydrogens (tertiary/aromatic N) is 3. The maximum Gasteiger partial charge on any atom is 0.260 e. The zero-order chi connectivity index (χ0) is 20.5. The Morgan fingerprint density at radius 2 is 2.07 bits per heavy atom. The van der Waals surface area contributed by atoms with E-state index in [0.29, 0.717) is 17.2 Å². The molecule has 8 heteroatoms. The van der Waals surface area contributed by atoms with E-state index in [-0.39, 0.29) is 12.0 Å². The second-order valence-electron chi connectivity index (χ2n) is 7.11. The van der Waals surface area contributed by atoms with Crippen molar-refractivity contribution >= 4 is 59.9 Å². The molecule has 0 N–H and O–H groups in total. The van der Waals surface area contributed by atoms with Crippen LogP contribution < -0.4 is 4.90 Å². The molecule has 3 heterocycles. The molecule has 1 aliphatic rings. The largest absolute Gasteiger partial charge is 0.376 e. The molecule has 0 spiro atoms. The van der Waals surface area contributed by atoms with Crippen LogP contribution >= 0.6 is 38.6 Å². The van der Waals surface area contributed by atoms with Gasteiger partial charge in [0.25, 0.3) is 5.91 Å². The second-order valence-corrected chi connectivity index (χ2v) is 9.75. The first-order valence-corrected chi connectivity index (χ1v) is 12.2. The van der Waals surface area contributed by atoms with Gasteiger partial charge in [-0.25, -0.2) is 9.97 Å². The van der Waals surface area contributed by atoms with Crippen LogP contribution in [0.25, 0.3) is 21.5 Å². The predicted molar refractivity (Wildman–Crippen MR) is 126 cm³/mol. The predicted octanol–water partition coefficient (Wildman–Crippen LogP) is 6.01. The minimum Gasteiger partial charge on any atom is -0.376 e. The molecule has 5 rings (SSSR count). The summed E-state index contributed by atoms with van der Waals surface area (Å²) < 4.78 is 7.85. The van der Waals surface area contributed by atoms with E-state index < -0.39 is 0 Å². The second kappa shape index (κ2) is 8.55. The van der Waals surface area contributed by atoms with Gasteiger partial charge in [-0.15, -0.1) is 22.7 Å². The fourth-order valence-corrected chi connectivity index (χ4v) is 5.35. The maximum absolute atomic E-state index is 13.5. The van der Waals surface area contributed by atoms with Gasteiger partial charge < -0.3 is 4.74 Å². The zero-order valence-electron chi connectivity index (χ0n) is 16.0. The fourth-order valence-electron chi connectivity index (χ4n) is 3.53. The molecule has 1 amide bonds. The van der Waals surface area contributed by atoms with Crippen molar-refractivity contribution in [1.29, 1.82) is 0 Å². The van der Waals surface area contributed by atoms with Crippen molar-refractivity contribution in [3.8, 4) is 11.3 Å². The van der Waals surface area contributed by atoms with E-state index in [9.17, 15) is 4.79 Å². The molecule has 2 aromatic carbocycles. The van der Waals surface area contributed by atoms with E-state index in [1.807, 2.05) is 47.8 Å². The lowest BCUT2D eigenvalue weighted by molar-refractivity contribution is 0.0917. The van der Waals surface area contributed by atoms with Gasteiger partial charge in [0.2, 0.25) is 0 Å². The van der Waals surface area contributed by atoms with Gasteiger partial charge in [-0.3, -0.25) is 9.69 Å². The monoisotopic (exact) mass is 499 g/mol. The summed E-state index contributed by atoms with van der Waals surface area (Å²) in [6.45, 7) is 1.26. The summed E-state index contributed by atoms with van der Waals surface area (Å²) in [6.07, 6.45) is 2.03. The Kier molecular flexibility index (Phi) is 5.64. The van der Waals surface area contributed by atoms with Crippen LogP contribution in [0.5, 0.6) is 0 Å². The van der Waals surface area contributed by atoms with Gasteiger partial charge >= 0.3 is 0 Å². The minimum atomic E-state index is -0.0579. The Labute approximate surface area is 190 Å². The topological polar surface area (TPSA) is 55.3 Å². The van der Waals surface area contributed by atoms with Crippen LogP contribution in [-0.2, 0) is 4.74 Å². The molecule has 4 aromatic rings. The smallest absolute Gasteiger partial charge is 0.260 e. The summed E-state index contributed by atoms with van der Waals surface area (Å²) >= 11 is 6.49. The van der Waals surface area contributed by atoms with Gasteiger partial charge in [-0.2, -0.15) is 0 Å². The van der Waals surface area contributed by atoms with Gasteiger partial charge in [0.05, 0.1) is 34.1 Å². The summed E-state index contributed by atoms with van der Waals surface area (Å²) in [6, 6.07) is 13.7. The van der Waals surface area contributed by atoms with Gasteiger partial charge in [-0.1, -0.05) is 28.1 Å². The Bertz CT molecular complexity index is 1180. The Hall–Kier alpha value is -2.13. The van der Waals surface area contributed by atoms with Crippen LogP contribution in [0.1, 0.15) is 23.2 Å². The third-order valence-electron chi connectivity index (χ3n) is 5.10. The van der Waals surface area contributed by atoms with Gasteiger partial charge in [0.15, 0.2) is 5.13 Å². The number of halogens is 1. The van der Waals surface area contributed by atoms with Crippen LogP contribution in [0.3, 0.4) is 0 Å². The lowest BCUT2D eigenvalue weighted by Crippen LogP contribution is -2.37. The van der Waals surface area contributed by atoms with Gasteiger partial charge in [0, 0.05) is 27.6 Å². The Morgan fingerprint density at radius 1 is 1.20 bits per heavy atom. The molecular weight excluding hydrogens is 482 g/mol. The average molecular weight is 500 g/mol. The Balaban J connectivity index is 1.48. The van der Waals surface area contributed by atoms with Crippen molar-refractivity contribution in [1.82, 2.24) is 9.97 Å². The van der Waals surface area contributed by atoms with Crippen LogP contribution in [0, 0.1) is 0 Å². The maximum atomic E-state index is 13.5. The minimum absolute atomic E-state index is 0.0427. The number of thiazole rings is 2. The molecule has 152 valence electrons. The van der Waals surface area contributed by atoms with E-state index in [4.69, 9.17) is 9.72 Å². The van der Waals surface area contributed by atoms with Crippen LogP contribution in [0.2, 0.25) is 0 Å². The number of carbonyl (C=O) groups is 1. The highest BCUT2D eigenvalue weighted by Crippen LogP contribution is 2.31. The molecule has 0 aliphatic carbocycles. The van der Waals surface area contributed by atoms with E-state index in [0.717, 1.165) is 45.4 Å². The SMILES string of the molecule is O=C(c1ccc2ncsc2c1)N(CC1CCCO1)c1nc(-c2ccc(Br)cc2)cs1. The highest BCUT2D eigenvalue weighted by Gasteiger charge is 2.27. The van der Waals surface area contributed by atoms with Crippen LogP contribution in [0.15, 0.2) is 57.8 Å². The molecule has 30 heavy (non-hydrogen) atoms. The summed E-state index contributed by atoms with van der Waals surface area (Å²) in [5, 5.41) is 2.69. The van der Waals surface area contributed by atoms with E-state index in [1.54, 1.807) is 10.4 Å². The number of hydrogen-bond donors (Lipinski definition) is 0. The van der Waals surface area contributed by atoms with Crippen molar-refractivity contribution in [3.05, 3.63) is 63.4 Å². The van der Waals surface area contributed by atoms with Crippen molar-refractivity contribution in [2.75, 3.05) is 18.1 Å². The number of anilines is 1. The van der Waals surface area contributed by atoms with Gasteiger partial charge in [0.1, 0.15) is 0 Å². The number of fused-ring (bicyclic) bond motifs is 1. The zero-order valence-corrected chi connectivity index (χ0v) is 19.2. The standard InChI is InChI=1S/C22H18BrN3O2S2/c23-16-6-3-14(4-7-16)19-12-29-22(25-19)26(11-17-2-1-9-28-17)21(27)15-5-8-18-20(10-15)30-13-24-18/h3-8,10,12-13,17H,1-2,9,11H2. The first-order valence-electron chi connectivity index (χ1n) is 9.65. The van der Waals surface area contributed by atoms with Crippen molar-refractivity contribution < 1.29 is 9.53 Å². The van der Waals surface area contributed by atoms with E-state index in [2.05, 4.69) is 20.9 Å². The Morgan fingerprint density at radius 3 is 2.87 bits per heavy atom. The van der Waals surface area contributed by atoms with E-state index in [1.165, 1.54) is 22.7 Å². The lowest BCUT2D eigenvalue weighted by atomic mass is 10.1. The summed E-state index contributed by atoms with van der Waals surface area (Å²) in [5.41, 5.74) is 5.25. The summed E-state index contributed by atoms with van der Waals surface area (Å²) in [7, 11) is 0. The molecule has 2 aromatic heterocycles. The number of amides is 1. The van der Waals surface area contributed by atoms with Gasteiger partial charge in [-0.05, 0) is 43.2 Å². The summed E-state index contributed by atoms with van der Waals surface area (Å²) in [5.74, 6) is -0.0579. The molecule has 1 fully saturated rings. The number of carbonyl (C=O) groups excluding carboxylic acids is 1. The molecular formula is C22H18BrN3O2S2. The first kappa shape index (κ1) is 19.8. The fraction of sp³-hybridized carbons (Fsp3) is 0.227. The molecule has 1 saturated heterocycles. The molecule has 0 radical (unpaired) electrons. The highest BCUT2D eigenvalue weighted by molar-refractivity contribution is 9.10. The van der Waals surface area contributed by atoms with Crippen molar-refractivity contribution in [3.63, 3.8) is 0 Å². The third-order valence-corrected chi connectivity index (χ3v) is 7.28. The molecule has 1 aliphatic heterocycles. The highest BCUT2D eigenvalue weighted by atomic mass is 79.9. The van der Waals surface area contributed by atoms with Crippen molar-refractivity contribution in [2.24, 2.45) is 0 Å². The summed E-state index contributed by atoms with van der Waals surface area (Å²) in [4.78, 5) is 24.4. The quantitative estimate of drug-likeness (QED) is 0.337. The molecule has 0 saturated carbocycles. The third kappa shape index (κ3) is 4.05. The molecule has 0 bridgehead atoms. The number of aromatic nitrogens is 2. The number of benzene rings is 2. The lowest BCUT2D eigenvalue weighted by Gasteiger charge is -2.23. The molecule has 1 unspecified atom stereocenters. The van der Waals surface area contributed by atoms with Crippen molar-refractivity contribution in [2.45, 2.75) is 18.9 Å². The number of hydrogen-bond acceptors (Lipinski definition) is 6. The van der Waals surface area contributed by atoms with Crippen LogP contribution in [0.4, 0.5) is 5.13 Å². The number of ether oxygens (including phenoxy) is 1.